The lowest BCUT2D eigenvalue weighted by Gasteiger charge is -2.15. The number of carboxylic acids is 1. The van der Waals surface area contributed by atoms with Crippen molar-refractivity contribution in [3.63, 3.8) is 0 Å². The zero-order chi connectivity index (χ0) is 12.8. The minimum absolute atomic E-state index is 0.0950. The van der Waals surface area contributed by atoms with Gasteiger partial charge in [0.25, 0.3) is 0 Å². The number of aliphatic carboxylic acids is 1. The summed E-state index contributed by atoms with van der Waals surface area (Å²) in [7, 11) is 0. The van der Waals surface area contributed by atoms with E-state index in [2.05, 4.69) is 5.32 Å². The number of hydrogen-bond donors (Lipinski definition) is 2. The monoisotopic (exact) mass is 255 g/mol. The summed E-state index contributed by atoms with van der Waals surface area (Å²) in [5.74, 6) is -1.16. The van der Waals surface area contributed by atoms with Crippen LogP contribution in [0.5, 0.6) is 0 Å². The number of carbonyl (C=O) groups is 2. The molecule has 1 amide bonds. The zero-order valence-electron chi connectivity index (χ0n) is 9.44. The molecule has 1 rings (SSSR count). The molecule has 0 aliphatic rings. The third-order valence-corrected chi connectivity index (χ3v) is 2.48. The van der Waals surface area contributed by atoms with Gasteiger partial charge in [0.1, 0.15) is 0 Å². The van der Waals surface area contributed by atoms with E-state index in [-0.39, 0.29) is 12.3 Å². The van der Waals surface area contributed by atoms with Crippen LogP contribution in [-0.4, -0.2) is 23.0 Å². The Morgan fingerprint density at radius 1 is 1.35 bits per heavy atom. The summed E-state index contributed by atoms with van der Waals surface area (Å²) < 4.78 is 0. The molecule has 1 aromatic carbocycles. The molecule has 17 heavy (non-hydrogen) atoms. The van der Waals surface area contributed by atoms with E-state index in [1.807, 2.05) is 12.1 Å². The normalized spacial score (nSPS) is 11.9. The number of benzene rings is 1. The van der Waals surface area contributed by atoms with Gasteiger partial charge in [-0.2, -0.15) is 0 Å². The lowest BCUT2D eigenvalue weighted by molar-refractivity contribution is -0.137. The summed E-state index contributed by atoms with van der Waals surface area (Å²) >= 11 is 5.75. The molecule has 0 aliphatic heterocycles. The SMILES string of the molecule is CC(=O)NC(CC(=O)O)Cc1ccc(Cl)cc1. The van der Waals surface area contributed by atoms with Crippen molar-refractivity contribution in [1.82, 2.24) is 5.32 Å². The molecule has 1 aromatic rings. The van der Waals surface area contributed by atoms with Gasteiger partial charge in [0.2, 0.25) is 5.91 Å². The lowest BCUT2D eigenvalue weighted by atomic mass is 10.0. The minimum Gasteiger partial charge on any atom is -0.481 e. The van der Waals surface area contributed by atoms with Crippen LogP contribution < -0.4 is 5.32 Å². The summed E-state index contributed by atoms with van der Waals surface area (Å²) in [4.78, 5) is 21.6. The van der Waals surface area contributed by atoms with Gasteiger partial charge >= 0.3 is 5.97 Å². The molecule has 4 nitrogen and oxygen atoms in total. The first-order valence-electron chi connectivity index (χ1n) is 5.20. The zero-order valence-corrected chi connectivity index (χ0v) is 10.2. The highest BCUT2D eigenvalue weighted by atomic mass is 35.5. The van der Waals surface area contributed by atoms with Crippen LogP contribution in [0.1, 0.15) is 18.9 Å². The van der Waals surface area contributed by atoms with Gasteiger partial charge in [-0.3, -0.25) is 9.59 Å². The van der Waals surface area contributed by atoms with E-state index in [9.17, 15) is 9.59 Å². The third-order valence-electron chi connectivity index (χ3n) is 2.22. The Hall–Kier alpha value is -1.55. The van der Waals surface area contributed by atoms with Crippen molar-refractivity contribution >= 4 is 23.5 Å². The number of nitrogens with one attached hydrogen (secondary N) is 1. The second-order valence-corrected chi connectivity index (χ2v) is 4.26. The van der Waals surface area contributed by atoms with Crippen molar-refractivity contribution in [1.29, 1.82) is 0 Å². The largest absolute Gasteiger partial charge is 0.481 e. The Labute approximate surface area is 105 Å². The summed E-state index contributed by atoms with van der Waals surface area (Å²) in [5.41, 5.74) is 0.939. The molecular formula is C12H14ClNO3. The Balaban J connectivity index is 2.67. The van der Waals surface area contributed by atoms with Crippen LogP contribution in [0.2, 0.25) is 5.02 Å². The van der Waals surface area contributed by atoms with E-state index >= 15 is 0 Å². The van der Waals surface area contributed by atoms with Crippen molar-refractivity contribution < 1.29 is 14.7 Å². The average molecular weight is 256 g/mol. The lowest BCUT2D eigenvalue weighted by Crippen LogP contribution is -2.36. The number of carboxylic acid groups (broad SMARTS) is 1. The van der Waals surface area contributed by atoms with Crippen molar-refractivity contribution in [2.45, 2.75) is 25.8 Å². The maximum absolute atomic E-state index is 11.0. The Kier molecular flexibility index (Phi) is 4.97. The van der Waals surface area contributed by atoms with Crippen LogP contribution in [0.4, 0.5) is 0 Å². The molecule has 5 heteroatoms. The maximum atomic E-state index is 11.0. The van der Waals surface area contributed by atoms with Crippen molar-refractivity contribution in [2.75, 3.05) is 0 Å². The molecule has 0 heterocycles. The van der Waals surface area contributed by atoms with Gasteiger partial charge in [0, 0.05) is 18.0 Å². The first kappa shape index (κ1) is 13.5. The third kappa shape index (κ3) is 5.36. The standard InChI is InChI=1S/C12H14ClNO3/c1-8(15)14-11(7-12(16)17)6-9-2-4-10(13)5-3-9/h2-5,11H,6-7H2,1H3,(H,14,15)(H,16,17). The van der Waals surface area contributed by atoms with Gasteiger partial charge in [-0.15, -0.1) is 0 Å². The number of carbonyl (C=O) groups excluding carboxylic acids is 1. The smallest absolute Gasteiger partial charge is 0.305 e. The van der Waals surface area contributed by atoms with E-state index in [0.29, 0.717) is 11.4 Å². The Morgan fingerprint density at radius 3 is 2.41 bits per heavy atom. The van der Waals surface area contributed by atoms with Gasteiger partial charge in [0.15, 0.2) is 0 Å². The second-order valence-electron chi connectivity index (χ2n) is 3.83. The van der Waals surface area contributed by atoms with E-state index in [0.717, 1.165) is 5.56 Å². The molecule has 0 saturated carbocycles. The summed E-state index contributed by atoms with van der Waals surface area (Å²) in [6.45, 7) is 1.37. The van der Waals surface area contributed by atoms with Crippen LogP contribution in [0.15, 0.2) is 24.3 Å². The van der Waals surface area contributed by atoms with Crippen LogP contribution in [-0.2, 0) is 16.0 Å². The highest BCUT2D eigenvalue weighted by Crippen LogP contribution is 2.12. The highest BCUT2D eigenvalue weighted by molar-refractivity contribution is 6.30. The molecule has 92 valence electrons. The van der Waals surface area contributed by atoms with E-state index in [1.54, 1.807) is 12.1 Å². The fourth-order valence-corrected chi connectivity index (χ4v) is 1.70. The molecule has 1 atom stereocenters. The second kappa shape index (κ2) is 6.25. The quantitative estimate of drug-likeness (QED) is 0.844. The molecule has 0 bridgehead atoms. The fraction of sp³-hybridized carbons (Fsp3) is 0.333. The van der Waals surface area contributed by atoms with Crippen LogP contribution in [0, 0.1) is 0 Å². The number of halogens is 1. The molecule has 0 spiro atoms. The van der Waals surface area contributed by atoms with E-state index in [4.69, 9.17) is 16.7 Å². The average Bonchev–Trinajstić information content (AvgIpc) is 2.19. The topological polar surface area (TPSA) is 66.4 Å². The summed E-state index contributed by atoms with van der Waals surface area (Å²) in [6, 6.07) is 6.72. The van der Waals surface area contributed by atoms with Gasteiger partial charge in [0.05, 0.1) is 6.42 Å². The van der Waals surface area contributed by atoms with Crippen LogP contribution >= 0.6 is 11.6 Å². The molecule has 0 aromatic heterocycles. The van der Waals surface area contributed by atoms with Crippen LogP contribution in [0.3, 0.4) is 0 Å². The Morgan fingerprint density at radius 2 is 1.94 bits per heavy atom. The maximum Gasteiger partial charge on any atom is 0.305 e. The number of amides is 1. The van der Waals surface area contributed by atoms with Gasteiger partial charge < -0.3 is 10.4 Å². The van der Waals surface area contributed by atoms with Crippen molar-refractivity contribution in [2.24, 2.45) is 0 Å². The van der Waals surface area contributed by atoms with Gasteiger partial charge in [-0.1, -0.05) is 23.7 Å². The first-order valence-corrected chi connectivity index (χ1v) is 5.58. The molecule has 1 unspecified atom stereocenters. The van der Waals surface area contributed by atoms with Crippen molar-refractivity contribution in [3.05, 3.63) is 34.9 Å². The number of rotatable bonds is 5. The van der Waals surface area contributed by atoms with Gasteiger partial charge in [-0.25, -0.2) is 0 Å². The highest BCUT2D eigenvalue weighted by Gasteiger charge is 2.14. The molecular weight excluding hydrogens is 242 g/mol. The van der Waals surface area contributed by atoms with Crippen LogP contribution in [0.25, 0.3) is 0 Å². The minimum atomic E-state index is -0.933. The number of hydrogen-bond acceptors (Lipinski definition) is 2. The molecule has 2 N–H and O–H groups in total. The first-order chi connectivity index (χ1) is 7.97. The molecule has 0 aliphatic carbocycles. The Bertz CT molecular complexity index is 387. The van der Waals surface area contributed by atoms with Crippen molar-refractivity contribution in [3.8, 4) is 0 Å². The summed E-state index contributed by atoms with van der Waals surface area (Å²) in [5, 5.41) is 12.0. The van der Waals surface area contributed by atoms with E-state index < -0.39 is 12.0 Å². The van der Waals surface area contributed by atoms with E-state index in [1.165, 1.54) is 6.92 Å². The fourth-order valence-electron chi connectivity index (χ4n) is 1.58. The molecule has 0 radical (unpaired) electrons. The van der Waals surface area contributed by atoms with Gasteiger partial charge in [-0.05, 0) is 24.1 Å². The molecule has 0 fully saturated rings. The predicted octanol–water partition coefficient (Wildman–Crippen LogP) is 1.86. The molecule has 0 saturated heterocycles. The summed E-state index contributed by atoms with van der Waals surface area (Å²) in [6.07, 6.45) is 0.380. The predicted molar refractivity (Wildman–Crippen MR) is 65.0 cm³/mol.